The number of hydrogen-bond donors (Lipinski definition) is 1. The number of carbonyl (C=O) groups is 1. The van der Waals surface area contributed by atoms with Crippen LogP contribution in [0.2, 0.25) is 0 Å². The Kier molecular flexibility index (Phi) is 4.22. The van der Waals surface area contributed by atoms with Gasteiger partial charge in [0.2, 0.25) is 0 Å². The molecule has 21 heavy (non-hydrogen) atoms. The summed E-state index contributed by atoms with van der Waals surface area (Å²) in [5, 5.41) is 8.98. The number of carboxylic acid groups (broad SMARTS) is 1. The second kappa shape index (κ2) is 6.12. The van der Waals surface area contributed by atoms with Crippen LogP contribution < -0.4 is 0 Å². The molecule has 1 aromatic carbocycles. The highest BCUT2D eigenvalue weighted by Gasteiger charge is 2.29. The first-order valence-corrected chi connectivity index (χ1v) is 7.62. The van der Waals surface area contributed by atoms with E-state index in [0.717, 1.165) is 19.5 Å². The Balaban J connectivity index is 1.65. The Morgan fingerprint density at radius 2 is 2.05 bits per heavy atom. The van der Waals surface area contributed by atoms with Crippen LogP contribution in [-0.4, -0.2) is 53.1 Å². The Morgan fingerprint density at radius 3 is 2.76 bits per heavy atom. The molecule has 1 unspecified atom stereocenters. The number of likely N-dealkylation sites (tertiary alicyclic amines) is 2. The Labute approximate surface area is 124 Å². The molecule has 2 heterocycles. The van der Waals surface area contributed by atoms with Crippen molar-refractivity contribution in [2.24, 2.45) is 0 Å². The summed E-state index contributed by atoms with van der Waals surface area (Å²) in [5.41, 5.74) is 0.250. The number of nitrogens with zero attached hydrogens (tertiary/aromatic N) is 2. The van der Waals surface area contributed by atoms with Crippen LogP contribution in [0, 0.1) is 5.82 Å². The molecular weight excluding hydrogens is 271 g/mol. The Morgan fingerprint density at radius 1 is 1.29 bits per heavy atom. The van der Waals surface area contributed by atoms with Crippen molar-refractivity contribution in [3.63, 3.8) is 0 Å². The second-order valence-electron chi connectivity index (χ2n) is 6.00. The fourth-order valence-corrected chi connectivity index (χ4v) is 3.47. The quantitative estimate of drug-likeness (QED) is 0.924. The largest absolute Gasteiger partial charge is 0.478 e. The fraction of sp³-hybridized carbons (Fsp3) is 0.562. The van der Waals surface area contributed by atoms with Gasteiger partial charge in [0.05, 0.1) is 5.56 Å². The molecule has 0 saturated carbocycles. The van der Waals surface area contributed by atoms with Gasteiger partial charge in [0, 0.05) is 31.2 Å². The molecule has 0 bridgehead atoms. The van der Waals surface area contributed by atoms with Crippen molar-refractivity contribution in [3.05, 3.63) is 35.1 Å². The lowest BCUT2D eigenvalue weighted by Crippen LogP contribution is -2.35. The summed E-state index contributed by atoms with van der Waals surface area (Å²) < 4.78 is 14.2. The van der Waals surface area contributed by atoms with Crippen molar-refractivity contribution in [2.75, 3.05) is 26.2 Å². The van der Waals surface area contributed by atoms with Crippen LogP contribution in [0.25, 0.3) is 0 Å². The molecule has 0 aromatic heterocycles. The van der Waals surface area contributed by atoms with Crippen LogP contribution in [0.5, 0.6) is 0 Å². The summed E-state index contributed by atoms with van der Waals surface area (Å²) >= 11 is 0. The van der Waals surface area contributed by atoms with Crippen LogP contribution in [0.3, 0.4) is 0 Å². The van der Waals surface area contributed by atoms with Crippen molar-refractivity contribution < 1.29 is 14.3 Å². The lowest BCUT2D eigenvalue weighted by molar-refractivity contribution is 0.0691. The number of aromatic carboxylic acids is 1. The fourth-order valence-electron chi connectivity index (χ4n) is 3.47. The highest BCUT2D eigenvalue weighted by atomic mass is 19.1. The van der Waals surface area contributed by atoms with Gasteiger partial charge in [0.15, 0.2) is 0 Å². The van der Waals surface area contributed by atoms with Gasteiger partial charge in [0.1, 0.15) is 5.82 Å². The van der Waals surface area contributed by atoms with E-state index in [9.17, 15) is 9.18 Å². The Hall–Kier alpha value is -1.46. The summed E-state index contributed by atoms with van der Waals surface area (Å²) in [5.74, 6) is -1.79. The zero-order valence-corrected chi connectivity index (χ0v) is 12.1. The Bertz CT molecular complexity index is 529. The van der Waals surface area contributed by atoms with Crippen molar-refractivity contribution >= 4 is 5.97 Å². The topological polar surface area (TPSA) is 43.8 Å². The lowest BCUT2D eigenvalue weighted by atomic mass is 10.1. The lowest BCUT2D eigenvalue weighted by Gasteiger charge is -2.23. The summed E-state index contributed by atoms with van der Waals surface area (Å²) in [7, 11) is 0. The first-order chi connectivity index (χ1) is 10.1. The maximum atomic E-state index is 14.2. The molecule has 0 aliphatic carbocycles. The third kappa shape index (κ3) is 3.09. The zero-order chi connectivity index (χ0) is 14.8. The van der Waals surface area contributed by atoms with E-state index in [1.165, 1.54) is 32.0 Å². The molecule has 2 aliphatic heterocycles. The third-order valence-electron chi connectivity index (χ3n) is 4.61. The number of hydrogen-bond acceptors (Lipinski definition) is 3. The molecule has 2 fully saturated rings. The summed E-state index contributed by atoms with van der Waals surface area (Å²) in [4.78, 5) is 15.7. The number of carboxylic acids is 1. The molecule has 4 nitrogen and oxygen atoms in total. The number of benzene rings is 1. The third-order valence-corrected chi connectivity index (χ3v) is 4.61. The smallest absolute Gasteiger partial charge is 0.338 e. The first kappa shape index (κ1) is 14.5. The monoisotopic (exact) mass is 292 g/mol. The van der Waals surface area contributed by atoms with E-state index in [1.54, 1.807) is 12.1 Å². The highest BCUT2D eigenvalue weighted by molar-refractivity contribution is 5.88. The molecule has 1 atom stereocenters. The average molecular weight is 292 g/mol. The molecule has 1 N–H and O–H groups in total. The molecular formula is C16H21FN2O2. The molecule has 2 aliphatic rings. The molecule has 5 heteroatoms. The summed E-state index contributed by atoms with van der Waals surface area (Å²) in [6, 6.07) is 5.21. The predicted molar refractivity (Wildman–Crippen MR) is 77.8 cm³/mol. The maximum absolute atomic E-state index is 14.2. The maximum Gasteiger partial charge on any atom is 0.338 e. The first-order valence-electron chi connectivity index (χ1n) is 7.62. The van der Waals surface area contributed by atoms with Crippen molar-refractivity contribution in [1.29, 1.82) is 0 Å². The summed E-state index contributed by atoms with van der Waals surface area (Å²) in [6.07, 6.45) is 3.69. The minimum Gasteiger partial charge on any atom is -0.478 e. The van der Waals surface area contributed by atoms with Gasteiger partial charge in [-0.2, -0.15) is 0 Å². The highest BCUT2D eigenvalue weighted by Crippen LogP contribution is 2.23. The van der Waals surface area contributed by atoms with Gasteiger partial charge in [0.25, 0.3) is 0 Å². The standard InChI is InChI=1S/C16H21FN2O2/c17-15-12(4-3-5-14(15)16(20)21)10-18-9-6-13(11-18)19-7-1-2-8-19/h3-5,13H,1-2,6-11H2,(H,20,21). The molecule has 0 radical (unpaired) electrons. The minimum atomic E-state index is -1.20. The molecule has 114 valence electrons. The van der Waals surface area contributed by atoms with Crippen molar-refractivity contribution in [2.45, 2.75) is 31.8 Å². The van der Waals surface area contributed by atoms with E-state index < -0.39 is 11.8 Å². The van der Waals surface area contributed by atoms with Crippen LogP contribution in [0.1, 0.15) is 35.2 Å². The van der Waals surface area contributed by atoms with Gasteiger partial charge in [-0.15, -0.1) is 0 Å². The number of halogens is 1. The van der Waals surface area contributed by atoms with E-state index in [0.29, 0.717) is 18.2 Å². The van der Waals surface area contributed by atoms with Crippen LogP contribution in [-0.2, 0) is 6.54 Å². The molecule has 0 amide bonds. The van der Waals surface area contributed by atoms with Gasteiger partial charge >= 0.3 is 5.97 Å². The van der Waals surface area contributed by atoms with Crippen LogP contribution >= 0.6 is 0 Å². The van der Waals surface area contributed by atoms with Gasteiger partial charge in [-0.1, -0.05) is 12.1 Å². The van der Waals surface area contributed by atoms with Gasteiger partial charge < -0.3 is 5.11 Å². The average Bonchev–Trinajstić information content (AvgIpc) is 3.11. The predicted octanol–water partition coefficient (Wildman–Crippen LogP) is 2.19. The second-order valence-corrected chi connectivity index (χ2v) is 6.00. The van der Waals surface area contributed by atoms with Crippen LogP contribution in [0.4, 0.5) is 4.39 Å². The normalized spacial score (nSPS) is 23.8. The van der Waals surface area contributed by atoms with E-state index in [1.807, 2.05) is 0 Å². The summed E-state index contributed by atoms with van der Waals surface area (Å²) in [6.45, 7) is 4.77. The molecule has 1 aromatic rings. The van der Waals surface area contributed by atoms with E-state index in [-0.39, 0.29) is 5.56 Å². The van der Waals surface area contributed by atoms with Crippen molar-refractivity contribution in [1.82, 2.24) is 9.80 Å². The zero-order valence-electron chi connectivity index (χ0n) is 12.1. The van der Waals surface area contributed by atoms with E-state index in [4.69, 9.17) is 5.11 Å². The van der Waals surface area contributed by atoms with Crippen molar-refractivity contribution in [3.8, 4) is 0 Å². The minimum absolute atomic E-state index is 0.234. The SMILES string of the molecule is O=C(O)c1cccc(CN2CCC(N3CCCC3)C2)c1F. The number of rotatable bonds is 4. The van der Waals surface area contributed by atoms with E-state index in [2.05, 4.69) is 9.80 Å². The molecule has 0 spiro atoms. The van der Waals surface area contributed by atoms with Gasteiger partial charge in [-0.3, -0.25) is 9.80 Å². The van der Waals surface area contributed by atoms with Crippen LogP contribution in [0.15, 0.2) is 18.2 Å². The van der Waals surface area contributed by atoms with E-state index >= 15 is 0 Å². The van der Waals surface area contributed by atoms with Gasteiger partial charge in [-0.25, -0.2) is 9.18 Å². The molecule has 2 saturated heterocycles. The van der Waals surface area contributed by atoms with Gasteiger partial charge in [-0.05, 0) is 38.4 Å². The molecule has 3 rings (SSSR count).